The number of nitrogens with zero attached hydrogens (tertiary/aromatic N) is 5. The molecule has 0 fully saturated rings. The Morgan fingerprint density at radius 3 is 1.51 bits per heavy atom. The summed E-state index contributed by atoms with van der Waals surface area (Å²) in [6, 6.07) is 5.97. The molecule has 248 valence electrons. The van der Waals surface area contributed by atoms with Crippen LogP contribution in [0, 0.1) is 0 Å². The molecule has 43 heavy (non-hydrogen) atoms. The van der Waals surface area contributed by atoms with Crippen LogP contribution in [0.2, 0.25) is 5.02 Å². The molecule has 2 aromatic rings. The maximum absolute atomic E-state index is 11.2. The molecule has 0 saturated heterocycles. The number of phosphoric acid groups is 6. The van der Waals surface area contributed by atoms with Crippen LogP contribution in [0.5, 0.6) is 0 Å². The van der Waals surface area contributed by atoms with Crippen molar-refractivity contribution in [3.05, 3.63) is 23.2 Å². The van der Waals surface area contributed by atoms with Gasteiger partial charge in [-0.25, -0.2) is 36.9 Å². The lowest BCUT2D eigenvalue weighted by Gasteiger charge is -2.19. The minimum atomic E-state index is -6.26. The highest BCUT2D eigenvalue weighted by atomic mass is 35.5. The summed E-state index contributed by atoms with van der Waals surface area (Å²) in [5.41, 5.74) is 1.46. The lowest BCUT2D eigenvalue weighted by molar-refractivity contribution is -0.480. The van der Waals surface area contributed by atoms with E-state index in [1.54, 1.807) is 18.2 Å². The van der Waals surface area contributed by atoms with Gasteiger partial charge >= 0.3 is 53.0 Å². The minimum absolute atomic E-state index is 0.617. The number of hydrogen-bond acceptors (Lipinski definition) is 14. The molecule has 0 aliphatic heterocycles. The standard InChI is InChI=1S/C11H15ClN5O.H8O19P6/c1-15(2)11(16(3)4)18-17-10-7-8(12)5-6-9(10)13-14-17;1-20(2,3)15-22(7,8)17-24(11,12)19-25(13,14)18-23(9,10)16-21(4,5)6/h5-7H,1-4H3;(H,7,8)(H,9,10)(H,11,12)(H,13,14)(H2,1,2,3)(H2,4,5,6)/q+1;. The third kappa shape index (κ3) is 15.7. The van der Waals surface area contributed by atoms with Gasteiger partial charge in [0.25, 0.3) is 0 Å². The van der Waals surface area contributed by atoms with Crippen molar-refractivity contribution in [3.8, 4) is 0 Å². The Morgan fingerprint density at radius 1 is 0.767 bits per heavy atom. The van der Waals surface area contributed by atoms with E-state index in [9.17, 15) is 27.4 Å². The van der Waals surface area contributed by atoms with Crippen molar-refractivity contribution in [2.45, 2.75) is 0 Å². The Labute approximate surface area is 244 Å². The summed E-state index contributed by atoms with van der Waals surface area (Å²) in [5, 5.41) is 8.58. The number of aromatic nitrogens is 3. The number of hydrogen-bond donors (Lipinski definition) is 8. The Balaban J connectivity index is 0.000000450. The SMILES string of the molecule is CN(C)C(On1nnc2ccc(Cl)cc21)=[N+](C)C.O=P(O)(O)OP(=O)(O)OP(=O)(O)OP(=O)(O)OP(=O)(O)OP(=O)(O)O. The zero-order chi connectivity index (χ0) is 33.8. The first kappa shape index (κ1) is 40.1. The zero-order valence-corrected chi connectivity index (χ0v) is 27.6. The van der Waals surface area contributed by atoms with Gasteiger partial charge in [0.15, 0.2) is 0 Å². The second-order valence-electron chi connectivity index (χ2n) is 7.52. The molecule has 1 aromatic carbocycles. The van der Waals surface area contributed by atoms with Crippen LogP contribution in [0.15, 0.2) is 18.2 Å². The van der Waals surface area contributed by atoms with Crippen LogP contribution in [-0.4, -0.2) is 98.0 Å². The fraction of sp³-hybridized carbons (Fsp3) is 0.364. The van der Waals surface area contributed by atoms with Gasteiger partial charge in [0.05, 0.1) is 28.2 Å². The highest BCUT2D eigenvalue weighted by Gasteiger charge is 2.48. The molecule has 25 nitrogen and oxygen atoms in total. The van der Waals surface area contributed by atoms with Gasteiger partial charge in [0, 0.05) is 5.02 Å². The second kappa shape index (κ2) is 14.6. The average molecular weight is 767 g/mol. The van der Waals surface area contributed by atoms with E-state index in [1.165, 1.54) is 4.85 Å². The van der Waals surface area contributed by atoms with Crippen LogP contribution in [0.4, 0.5) is 0 Å². The van der Waals surface area contributed by atoms with Crippen LogP contribution in [0.25, 0.3) is 11.0 Å². The summed E-state index contributed by atoms with van der Waals surface area (Å²) in [5.74, 6) is 0. The average Bonchev–Trinajstić information content (AvgIpc) is 3.06. The van der Waals surface area contributed by atoms with Crippen molar-refractivity contribution in [3.63, 3.8) is 0 Å². The van der Waals surface area contributed by atoms with E-state index in [0.29, 0.717) is 11.0 Å². The monoisotopic (exact) mass is 766 g/mol. The molecular weight excluding hydrogens is 743 g/mol. The molecule has 0 radical (unpaired) electrons. The molecule has 1 aromatic heterocycles. The highest BCUT2D eigenvalue weighted by molar-refractivity contribution is 7.72. The van der Waals surface area contributed by atoms with Crippen LogP contribution in [0.1, 0.15) is 0 Å². The van der Waals surface area contributed by atoms with Gasteiger partial charge < -0.3 is 39.1 Å². The summed E-state index contributed by atoms with van der Waals surface area (Å²) in [6.07, 6.45) is 0. The van der Waals surface area contributed by atoms with E-state index in [4.69, 9.17) is 55.6 Å². The summed E-state index contributed by atoms with van der Waals surface area (Å²) in [4.78, 5) is 77.0. The van der Waals surface area contributed by atoms with Crippen molar-refractivity contribution in [1.29, 1.82) is 0 Å². The van der Waals surface area contributed by atoms with Gasteiger partial charge in [-0.3, -0.25) is 4.84 Å². The molecule has 0 spiro atoms. The maximum Gasteiger partial charge on any atom is 0.490 e. The van der Waals surface area contributed by atoms with E-state index in [-0.39, 0.29) is 0 Å². The Morgan fingerprint density at radius 2 is 1.16 bits per heavy atom. The van der Waals surface area contributed by atoms with Gasteiger partial charge in [-0.05, 0) is 23.4 Å². The van der Waals surface area contributed by atoms with Crippen molar-refractivity contribution in [1.82, 2.24) is 20.1 Å². The molecule has 4 atom stereocenters. The molecule has 0 aliphatic rings. The molecule has 8 N–H and O–H groups in total. The lowest BCUT2D eigenvalue weighted by atomic mass is 10.3. The highest BCUT2D eigenvalue weighted by Crippen LogP contribution is 2.74. The van der Waals surface area contributed by atoms with Crippen LogP contribution in [0.3, 0.4) is 0 Å². The van der Waals surface area contributed by atoms with E-state index >= 15 is 0 Å². The minimum Gasteiger partial charge on any atom is -0.302 e. The van der Waals surface area contributed by atoms with E-state index in [0.717, 1.165) is 11.0 Å². The largest absolute Gasteiger partial charge is 0.490 e. The van der Waals surface area contributed by atoms with Gasteiger partial charge in [-0.2, -0.15) is 21.6 Å². The number of rotatable bonds is 11. The summed E-state index contributed by atoms with van der Waals surface area (Å²) in [7, 11) is -28.6. The molecule has 0 saturated carbocycles. The first-order chi connectivity index (χ1) is 19.0. The number of benzene rings is 1. The van der Waals surface area contributed by atoms with Gasteiger partial charge in [0.2, 0.25) is 0 Å². The van der Waals surface area contributed by atoms with Crippen molar-refractivity contribution < 1.29 is 97.5 Å². The van der Waals surface area contributed by atoms with Crippen LogP contribution in [-0.2, 0) is 48.9 Å². The quantitative estimate of drug-likeness (QED) is 0.0662. The molecule has 0 aliphatic carbocycles. The third-order valence-electron chi connectivity index (χ3n) is 3.35. The van der Waals surface area contributed by atoms with Crippen molar-refractivity contribution in [2.75, 3.05) is 28.2 Å². The molecule has 4 unspecified atom stereocenters. The zero-order valence-electron chi connectivity index (χ0n) is 21.5. The van der Waals surface area contributed by atoms with Crippen molar-refractivity contribution >= 4 is 75.6 Å². The number of fused-ring (bicyclic) bond motifs is 1. The molecule has 0 amide bonds. The first-order valence-electron chi connectivity index (χ1n) is 9.92. The first-order valence-corrected chi connectivity index (χ1v) is 19.3. The molecular formula is C11H23ClN5O20P6+. The normalized spacial score (nSPS) is 17.8. The second-order valence-corrected chi connectivity index (χ2v) is 16.9. The molecule has 1 heterocycles. The molecule has 32 heteroatoms. The summed E-state index contributed by atoms with van der Waals surface area (Å²) >= 11 is 5.96. The molecule has 0 bridgehead atoms. The van der Waals surface area contributed by atoms with E-state index in [1.807, 2.05) is 37.7 Å². The fourth-order valence-corrected chi connectivity index (χ4v) is 9.30. The van der Waals surface area contributed by atoms with Gasteiger partial charge in [0.1, 0.15) is 11.0 Å². The number of amidine groups is 1. The third-order valence-corrected chi connectivity index (χ3v) is 11.9. The van der Waals surface area contributed by atoms with Crippen LogP contribution >= 0.6 is 58.5 Å². The lowest BCUT2D eigenvalue weighted by Crippen LogP contribution is -2.39. The topological polar surface area (TPSA) is 357 Å². The Bertz CT molecular complexity index is 1560. The van der Waals surface area contributed by atoms with E-state index < -0.39 is 46.9 Å². The van der Waals surface area contributed by atoms with Gasteiger partial charge in [-0.1, -0.05) is 16.4 Å². The fourth-order valence-electron chi connectivity index (χ4n) is 2.30. The summed E-state index contributed by atoms with van der Waals surface area (Å²) < 4.78 is 82.3. The number of halogens is 1. The maximum atomic E-state index is 11.2. The van der Waals surface area contributed by atoms with E-state index in [2.05, 4.69) is 31.9 Å². The van der Waals surface area contributed by atoms with Gasteiger partial charge in [-0.15, -0.1) is 5.10 Å². The predicted octanol–water partition coefficient (Wildman–Crippen LogP) is 0.359. The summed E-state index contributed by atoms with van der Waals surface area (Å²) in [6.45, 7) is 0. The predicted molar refractivity (Wildman–Crippen MR) is 139 cm³/mol. The Kier molecular flexibility index (Phi) is 13.6. The molecule has 2 rings (SSSR count). The van der Waals surface area contributed by atoms with Crippen molar-refractivity contribution in [2.24, 2.45) is 0 Å². The Hall–Kier alpha value is -0.960. The smallest absolute Gasteiger partial charge is 0.302 e. The van der Waals surface area contributed by atoms with Crippen LogP contribution < -0.4 is 4.84 Å².